The first-order valence-corrected chi connectivity index (χ1v) is 8.26. The third-order valence-electron chi connectivity index (χ3n) is 4.34. The number of fused-ring (bicyclic) bond motifs is 1. The highest BCUT2D eigenvalue weighted by atomic mass is 16.3. The van der Waals surface area contributed by atoms with Gasteiger partial charge in [0.2, 0.25) is 0 Å². The van der Waals surface area contributed by atoms with Gasteiger partial charge in [-0.1, -0.05) is 32.0 Å². The number of nitrogens with zero attached hydrogens (tertiary/aromatic N) is 1. The summed E-state index contributed by atoms with van der Waals surface area (Å²) in [5, 5.41) is 12.0. The standard InChI is InChI=1S/C18H26N2O3/c1-12(10-14(3)21)11-19-17(22)18(23)20-9-8-13(2)15-6-4-5-7-16(15)20/h4-7,12-14,21H,8-11H2,1-3H3,(H,19,22). The lowest BCUT2D eigenvalue weighted by Crippen LogP contribution is -2.46. The summed E-state index contributed by atoms with van der Waals surface area (Å²) in [6.07, 6.45) is 1.04. The summed E-state index contributed by atoms with van der Waals surface area (Å²) in [6, 6.07) is 7.76. The van der Waals surface area contributed by atoms with Gasteiger partial charge in [-0.05, 0) is 43.2 Å². The molecule has 5 nitrogen and oxygen atoms in total. The van der Waals surface area contributed by atoms with E-state index in [0.29, 0.717) is 25.4 Å². The van der Waals surface area contributed by atoms with Crippen LogP contribution in [0.25, 0.3) is 0 Å². The minimum Gasteiger partial charge on any atom is -0.393 e. The van der Waals surface area contributed by atoms with Crippen molar-refractivity contribution in [3.63, 3.8) is 0 Å². The Morgan fingerprint density at radius 3 is 2.74 bits per heavy atom. The zero-order valence-electron chi connectivity index (χ0n) is 14.1. The van der Waals surface area contributed by atoms with E-state index in [2.05, 4.69) is 12.2 Å². The number of para-hydroxylation sites is 1. The van der Waals surface area contributed by atoms with Gasteiger partial charge in [-0.2, -0.15) is 0 Å². The second-order valence-electron chi connectivity index (χ2n) is 6.61. The average molecular weight is 318 g/mol. The predicted molar refractivity (Wildman–Crippen MR) is 90.3 cm³/mol. The lowest BCUT2D eigenvalue weighted by molar-refractivity contribution is -0.137. The Morgan fingerprint density at radius 2 is 2.04 bits per heavy atom. The Labute approximate surface area is 137 Å². The van der Waals surface area contributed by atoms with E-state index in [9.17, 15) is 14.7 Å². The molecule has 0 bridgehead atoms. The summed E-state index contributed by atoms with van der Waals surface area (Å²) >= 11 is 0. The molecular weight excluding hydrogens is 292 g/mol. The molecule has 0 radical (unpaired) electrons. The second kappa shape index (κ2) is 7.59. The number of carbonyl (C=O) groups is 2. The van der Waals surface area contributed by atoms with Crippen molar-refractivity contribution >= 4 is 17.5 Å². The molecular formula is C18H26N2O3. The minimum atomic E-state index is -0.577. The van der Waals surface area contributed by atoms with Gasteiger partial charge in [0.25, 0.3) is 0 Å². The van der Waals surface area contributed by atoms with Gasteiger partial charge in [0.15, 0.2) is 0 Å². The number of carbonyl (C=O) groups excluding carboxylic acids is 2. The first-order chi connectivity index (χ1) is 10.9. The molecule has 0 fully saturated rings. The van der Waals surface area contributed by atoms with Crippen molar-refractivity contribution < 1.29 is 14.7 Å². The molecule has 1 aliphatic heterocycles. The molecule has 1 aromatic carbocycles. The van der Waals surface area contributed by atoms with Gasteiger partial charge >= 0.3 is 11.8 Å². The normalized spacial score (nSPS) is 19.7. The molecule has 1 aliphatic rings. The maximum absolute atomic E-state index is 12.5. The largest absolute Gasteiger partial charge is 0.393 e. The van der Waals surface area contributed by atoms with Crippen LogP contribution in [0.4, 0.5) is 5.69 Å². The molecule has 23 heavy (non-hydrogen) atoms. The molecule has 3 unspecified atom stereocenters. The van der Waals surface area contributed by atoms with Crippen LogP contribution in [0, 0.1) is 5.92 Å². The lowest BCUT2D eigenvalue weighted by Gasteiger charge is -2.32. The molecule has 1 aromatic rings. The number of nitrogens with one attached hydrogen (secondary N) is 1. The zero-order chi connectivity index (χ0) is 17.0. The van der Waals surface area contributed by atoms with E-state index in [-0.39, 0.29) is 5.92 Å². The van der Waals surface area contributed by atoms with Crippen LogP contribution in [0.3, 0.4) is 0 Å². The molecule has 3 atom stereocenters. The number of amides is 2. The first-order valence-electron chi connectivity index (χ1n) is 8.26. The van der Waals surface area contributed by atoms with Crippen LogP contribution in [0.2, 0.25) is 0 Å². The van der Waals surface area contributed by atoms with Crippen LogP contribution in [0.5, 0.6) is 0 Å². The third kappa shape index (κ3) is 4.32. The molecule has 2 rings (SSSR count). The Hall–Kier alpha value is -1.88. The van der Waals surface area contributed by atoms with E-state index in [1.165, 1.54) is 0 Å². The number of aliphatic hydroxyl groups excluding tert-OH is 1. The smallest absolute Gasteiger partial charge is 0.316 e. The number of rotatable bonds is 4. The number of aliphatic hydroxyl groups is 1. The van der Waals surface area contributed by atoms with Gasteiger partial charge in [0.1, 0.15) is 0 Å². The molecule has 0 aromatic heterocycles. The number of hydrogen-bond donors (Lipinski definition) is 2. The molecule has 0 saturated heterocycles. The van der Waals surface area contributed by atoms with Gasteiger partial charge in [-0.25, -0.2) is 0 Å². The maximum Gasteiger partial charge on any atom is 0.316 e. The van der Waals surface area contributed by atoms with Crippen LogP contribution in [0.15, 0.2) is 24.3 Å². The highest BCUT2D eigenvalue weighted by molar-refractivity contribution is 6.40. The summed E-state index contributed by atoms with van der Waals surface area (Å²) in [6.45, 7) is 6.75. The third-order valence-corrected chi connectivity index (χ3v) is 4.34. The van der Waals surface area contributed by atoms with Crippen molar-refractivity contribution in [3.05, 3.63) is 29.8 Å². The predicted octanol–water partition coefficient (Wildman–Crippen LogP) is 2.05. The van der Waals surface area contributed by atoms with Crippen LogP contribution in [-0.4, -0.2) is 36.1 Å². The van der Waals surface area contributed by atoms with Crippen LogP contribution in [0.1, 0.15) is 45.1 Å². The molecule has 5 heteroatoms. The molecule has 0 spiro atoms. The summed E-state index contributed by atoms with van der Waals surface area (Å²) < 4.78 is 0. The van der Waals surface area contributed by atoms with Crippen molar-refractivity contribution in [2.75, 3.05) is 18.0 Å². The van der Waals surface area contributed by atoms with Crippen LogP contribution < -0.4 is 10.2 Å². The van der Waals surface area contributed by atoms with Crippen molar-refractivity contribution in [3.8, 4) is 0 Å². The van der Waals surface area contributed by atoms with Gasteiger partial charge < -0.3 is 15.3 Å². The fourth-order valence-electron chi connectivity index (χ4n) is 3.09. The summed E-state index contributed by atoms with van der Waals surface area (Å²) in [4.78, 5) is 26.2. The van der Waals surface area contributed by atoms with E-state index >= 15 is 0 Å². The van der Waals surface area contributed by atoms with Gasteiger partial charge in [-0.3, -0.25) is 9.59 Å². The Balaban J connectivity index is 2.00. The van der Waals surface area contributed by atoms with Crippen LogP contribution >= 0.6 is 0 Å². The quantitative estimate of drug-likeness (QED) is 0.835. The van der Waals surface area contributed by atoms with Crippen molar-refractivity contribution in [1.29, 1.82) is 0 Å². The van der Waals surface area contributed by atoms with E-state index in [0.717, 1.165) is 17.7 Å². The minimum absolute atomic E-state index is 0.125. The monoisotopic (exact) mass is 318 g/mol. The van der Waals surface area contributed by atoms with E-state index in [1.54, 1.807) is 11.8 Å². The van der Waals surface area contributed by atoms with Crippen molar-refractivity contribution in [2.24, 2.45) is 5.92 Å². The molecule has 0 saturated carbocycles. The van der Waals surface area contributed by atoms with Gasteiger partial charge in [-0.15, -0.1) is 0 Å². The maximum atomic E-state index is 12.5. The second-order valence-corrected chi connectivity index (χ2v) is 6.61. The highest BCUT2D eigenvalue weighted by Gasteiger charge is 2.29. The molecule has 1 heterocycles. The lowest BCUT2D eigenvalue weighted by atomic mass is 9.91. The van der Waals surface area contributed by atoms with Crippen molar-refractivity contribution in [2.45, 2.75) is 45.6 Å². The SMILES string of the molecule is CC(O)CC(C)CNC(=O)C(=O)N1CCC(C)c2ccccc21. The van der Waals surface area contributed by atoms with E-state index in [1.807, 2.05) is 31.2 Å². The fraction of sp³-hybridized carbons (Fsp3) is 0.556. The van der Waals surface area contributed by atoms with E-state index in [4.69, 9.17) is 0 Å². The number of anilines is 1. The molecule has 0 aliphatic carbocycles. The molecule has 126 valence electrons. The zero-order valence-corrected chi connectivity index (χ0v) is 14.1. The van der Waals surface area contributed by atoms with Gasteiger partial charge in [0.05, 0.1) is 6.10 Å². The summed E-state index contributed by atoms with van der Waals surface area (Å²) in [5.74, 6) is -0.565. The topological polar surface area (TPSA) is 69.6 Å². The fourth-order valence-corrected chi connectivity index (χ4v) is 3.09. The summed E-state index contributed by atoms with van der Waals surface area (Å²) in [5.41, 5.74) is 1.95. The highest BCUT2D eigenvalue weighted by Crippen LogP contribution is 2.34. The van der Waals surface area contributed by atoms with E-state index < -0.39 is 17.9 Å². The Kier molecular flexibility index (Phi) is 5.77. The van der Waals surface area contributed by atoms with Crippen LogP contribution in [-0.2, 0) is 9.59 Å². The Bertz CT molecular complexity index is 571. The van der Waals surface area contributed by atoms with Gasteiger partial charge in [0, 0.05) is 18.8 Å². The Morgan fingerprint density at radius 1 is 1.35 bits per heavy atom. The summed E-state index contributed by atoms with van der Waals surface area (Å²) in [7, 11) is 0. The first kappa shape index (κ1) is 17.5. The molecule has 2 N–H and O–H groups in total. The number of benzene rings is 1. The molecule has 2 amide bonds. The number of hydrogen-bond acceptors (Lipinski definition) is 3. The average Bonchev–Trinajstić information content (AvgIpc) is 2.52. The van der Waals surface area contributed by atoms with Crippen molar-refractivity contribution in [1.82, 2.24) is 5.32 Å².